The standard InChI is InChI=1S/C21H22N2O8S2/c1-11-15(20(27)29-2)17(33-16(11)21(28)30-3)22-14(24)10-31-19(26)12-6-4-8-23(12)18(25)13-7-5-9-32-13/h5,7,9,12H,4,6,8,10H2,1-3H3,(H,22,24)/t12-/m0/s1. The summed E-state index contributed by atoms with van der Waals surface area (Å²) in [7, 11) is 2.38. The van der Waals surface area contributed by atoms with E-state index < -0.39 is 36.5 Å². The fourth-order valence-corrected chi connectivity index (χ4v) is 5.24. The third-order valence-electron chi connectivity index (χ3n) is 5.02. The van der Waals surface area contributed by atoms with E-state index in [1.165, 1.54) is 37.4 Å². The number of esters is 3. The van der Waals surface area contributed by atoms with Crippen LogP contribution in [0.25, 0.3) is 0 Å². The van der Waals surface area contributed by atoms with E-state index in [-0.39, 0.29) is 21.3 Å². The summed E-state index contributed by atoms with van der Waals surface area (Å²) in [4.78, 5) is 63.8. The zero-order valence-corrected chi connectivity index (χ0v) is 19.8. The van der Waals surface area contributed by atoms with E-state index in [9.17, 15) is 24.0 Å². The molecule has 10 nitrogen and oxygen atoms in total. The van der Waals surface area contributed by atoms with E-state index in [1.54, 1.807) is 17.5 Å². The Bertz CT molecular complexity index is 1080. The van der Waals surface area contributed by atoms with Crippen LogP contribution >= 0.6 is 22.7 Å². The highest BCUT2D eigenvalue weighted by molar-refractivity contribution is 7.18. The second-order valence-electron chi connectivity index (χ2n) is 7.03. The summed E-state index contributed by atoms with van der Waals surface area (Å²) < 4.78 is 14.6. The van der Waals surface area contributed by atoms with E-state index in [0.717, 1.165) is 11.3 Å². The number of nitrogens with zero attached hydrogens (tertiary/aromatic N) is 1. The van der Waals surface area contributed by atoms with Gasteiger partial charge in [0.05, 0.1) is 24.7 Å². The van der Waals surface area contributed by atoms with Crippen molar-refractivity contribution in [1.29, 1.82) is 0 Å². The molecule has 176 valence electrons. The lowest BCUT2D eigenvalue weighted by atomic mass is 10.1. The van der Waals surface area contributed by atoms with Crippen LogP contribution < -0.4 is 5.32 Å². The van der Waals surface area contributed by atoms with Crippen molar-refractivity contribution in [3.05, 3.63) is 38.4 Å². The number of amides is 2. The lowest BCUT2D eigenvalue weighted by molar-refractivity contribution is -0.151. The van der Waals surface area contributed by atoms with Crippen molar-refractivity contribution in [2.24, 2.45) is 0 Å². The molecule has 1 aliphatic rings. The van der Waals surface area contributed by atoms with E-state index >= 15 is 0 Å². The zero-order valence-electron chi connectivity index (χ0n) is 18.2. The molecule has 0 unspecified atom stereocenters. The summed E-state index contributed by atoms with van der Waals surface area (Å²) >= 11 is 2.14. The fraction of sp³-hybridized carbons (Fsp3) is 0.381. The Balaban J connectivity index is 1.65. The van der Waals surface area contributed by atoms with Crippen molar-refractivity contribution >= 4 is 57.4 Å². The van der Waals surface area contributed by atoms with Gasteiger partial charge in [0, 0.05) is 6.54 Å². The van der Waals surface area contributed by atoms with E-state index in [0.29, 0.717) is 29.8 Å². The van der Waals surface area contributed by atoms with Gasteiger partial charge in [-0.15, -0.1) is 22.7 Å². The quantitative estimate of drug-likeness (QED) is 0.459. The minimum Gasteiger partial charge on any atom is -0.465 e. The molecule has 2 aromatic heterocycles. The number of thiophene rings is 2. The summed E-state index contributed by atoms with van der Waals surface area (Å²) in [5, 5.41) is 4.34. The Morgan fingerprint density at radius 2 is 1.88 bits per heavy atom. The highest BCUT2D eigenvalue weighted by Gasteiger charge is 2.36. The molecular weight excluding hydrogens is 472 g/mol. The largest absolute Gasteiger partial charge is 0.465 e. The molecule has 3 rings (SSSR count). The van der Waals surface area contributed by atoms with Crippen molar-refractivity contribution < 1.29 is 38.2 Å². The molecule has 1 atom stereocenters. The van der Waals surface area contributed by atoms with Gasteiger partial charge in [0.2, 0.25) is 0 Å². The fourth-order valence-electron chi connectivity index (χ4n) is 3.43. The van der Waals surface area contributed by atoms with Gasteiger partial charge in [-0.2, -0.15) is 0 Å². The molecule has 0 aliphatic carbocycles. The first-order chi connectivity index (χ1) is 15.8. The van der Waals surface area contributed by atoms with Gasteiger partial charge in [-0.25, -0.2) is 14.4 Å². The van der Waals surface area contributed by atoms with Crippen LogP contribution in [0.15, 0.2) is 17.5 Å². The first-order valence-corrected chi connectivity index (χ1v) is 11.6. The Labute approximate surface area is 197 Å². The Kier molecular flexibility index (Phi) is 7.82. The highest BCUT2D eigenvalue weighted by atomic mass is 32.1. The van der Waals surface area contributed by atoms with Gasteiger partial charge in [-0.3, -0.25) is 9.59 Å². The average Bonchev–Trinajstić information content (AvgIpc) is 3.56. The van der Waals surface area contributed by atoms with E-state index in [2.05, 4.69) is 5.32 Å². The number of hydrogen-bond donors (Lipinski definition) is 1. The van der Waals surface area contributed by atoms with Crippen molar-refractivity contribution in [3.63, 3.8) is 0 Å². The van der Waals surface area contributed by atoms with Crippen molar-refractivity contribution in [1.82, 2.24) is 4.90 Å². The normalized spacial score (nSPS) is 15.1. The SMILES string of the molecule is COC(=O)c1sc(NC(=O)COC(=O)[C@@H]2CCCN2C(=O)c2cccs2)c(C(=O)OC)c1C. The Morgan fingerprint density at radius 1 is 1.15 bits per heavy atom. The number of hydrogen-bond acceptors (Lipinski definition) is 10. The molecule has 33 heavy (non-hydrogen) atoms. The summed E-state index contributed by atoms with van der Waals surface area (Å²) in [6.07, 6.45) is 1.09. The number of rotatable bonds is 7. The van der Waals surface area contributed by atoms with Crippen LogP contribution in [0.5, 0.6) is 0 Å². The van der Waals surface area contributed by atoms with Gasteiger partial charge in [0.25, 0.3) is 11.8 Å². The third-order valence-corrected chi connectivity index (χ3v) is 7.07. The topological polar surface area (TPSA) is 128 Å². The molecule has 3 heterocycles. The summed E-state index contributed by atoms with van der Waals surface area (Å²) in [6.45, 7) is 1.33. The molecule has 1 fully saturated rings. The zero-order chi connectivity index (χ0) is 24.1. The van der Waals surface area contributed by atoms with Crippen LogP contribution in [0.1, 0.15) is 48.1 Å². The Morgan fingerprint density at radius 3 is 2.52 bits per heavy atom. The third kappa shape index (κ3) is 5.22. The van der Waals surface area contributed by atoms with Gasteiger partial charge in [-0.1, -0.05) is 6.07 Å². The Hall–Kier alpha value is -3.25. The number of anilines is 1. The van der Waals surface area contributed by atoms with Gasteiger partial charge < -0.3 is 24.4 Å². The first-order valence-electron chi connectivity index (χ1n) is 9.89. The lowest BCUT2D eigenvalue weighted by Gasteiger charge is -2.22. The monoisotopic (exact) mass is 494 g/mol. The summed E-state index contributed by atoms with van der Waals surface area (Å²) in [6, 6.07) is 2.67. The van der Waals surface area contributed by atoms with Gasteiger partial charge in [0.15, 0.2) is 6.61 Å². The predicted molar refractivity (Wildman–Crippen MR) is 120 cm³/mol. The molecule has 2 amide bonds. The molecular formula is C21H22N2O8S2. The number of carbonyl (C=O) groups is 5. The van der Waals surface area contributed by atoms with Crippen LogP contribution in [-0.4, -0.2) is 68.0 Å². The van der Waals surface area contributed by atoms with E-state index in [1.807, 2.05) is 0 Å². The molecule has 0 aromatic carbocycles. The second kappa shape index (κ2) is 10.6. The molecule has 2 aromatic rings. The molecule has 0 spiro atoms. The molecule has 1 aliphatic heterocycles. The predicted octanol–water partition coefficient (Wildman–Crippen LogP) is 2.48. The van der Waals surface area contributed by atoms with Gasteiger partial charge >= 0.3 is 17.9 Å². The van der Waals surface area contributed by atoms with Crippen molar-refractivity contribution in [2.75, 3.05) is 32.7 Å². The maximum absolute atomic E-state index is 12.6. The maximum Gasteiger partial charge on any atom is 0.348 e. The minimum absolute atomic E-state index is 0.0195. The number of carbonyl (C=O) groups excluding carboxylic acids is 5. The number of likely N-dealkylation sites (tertiary alicyclic amines) is 1. The summed E-state index contributed by atoms with van der Waals surface area (Å²) in [5.74, 6) is -3.04. The van der Waals surface area contributed by atoms with Gasteiger partial charge in [-0.05, 0) is 36.8 Å². The molecule has 1 saturated heterocycles. The summed E-state index contributed by atoms with van der Waals surface area (Å²) in [5.41, 5.74) is 0.325. The van der Waals surface area contributed by atoms with Crippen molar-refractivity contribution in [3.8, 4) is 0 Å². The molecule has 12 heteroatoms. The maximum atomic E-state index is 12.6. The molecule has 1 N–H and O–H groups in total. The van der Waals surface area contributed by atoms with E-state index in [4.69, 9.17) is 14.2 Å². The number of ether oxygens (including phenoxy) is 3. The first kappa shape index (κ1) is 24.4. The average molecular weight is 495 g/mol. The van der Waals surface area contributed by atoms with Crippen molar-refractivity contribution in [2.45, 2.75) is 25.8 Å². The molecule has 0 saturated carbocycles. The van der Waals surface area contributed by atoms with Crippen LogP contribution in [0.2, 0.25) is 0 Å². The number of methoxy groups -OCH3 is 2. The number of nitrogens with one attached hydrogen (secondary N) is 1. The van der Waals surface area contributed by atoms with Crippen LogP contribution in [0.3, 0.4) is 0 Å². The molecule has 0 bridgehead atoms. The second-order valence-corrected chi connectivity index (χ2v) is 9.00. The van der Waals surface area contributed by atoms with Crippen LogP contribution in [0, 0.1) is 6.92 Å². The van der Waals surface area contributed by atoms with Crippen LogP contribution in [0.4, 0.5) is 5.00 Å². The minimum atomic E-state index is -0.770. The van der Waals surface area contributed by atoms with Gasteiger partial charge in [0.1, 0.15) is 15.9 Å². The highest BCUT2D eigenvalue weighted by Crippen LogP contribution is 2.34. The lowest BCUT2D eigenvalue weighted by Crippen LogP contribution is -2.41. The smallest absolute Gasteiger partial charge is 0.348 e. The molecule has 0 radical (unpaired) electrons. The van der Waals surface area contributed by atoms with Crippen LogP contribution in [-0.2, 0) is 23.8 Å².